The Labute approximate surface area is 230 Å². The van der Waals surface area contributed by atoms with Gasteiger partial charge in [-0.05, 0) is 67.1 Å². The molecule has 5 nitrogen and oxygen atoms in total. The third-order valence-corrected chi connectivity index (χ3v) is 8.83. The zero-order valence-electron chi connectivity index (χ0n) is 21.7. The predicted octanol–water partition coefficient (Wildman–Crippen LogP) is 5.70. The number of hydrogen-bond acceptors (Lipinski definition) is 4. The first-order chi connectivity index (χ1) is 17.6. The number of amides is 1. The Hall–Kier alpha value is -2.05. The van der Waals surface area contributed by atoms with Gasteiger partial charge in [0.05, 0.1) is 22.6 Å². The zero-order valence-corrected chi connectivity index (χ0v) is 23.3. The lowest BCUT2D eigenvalue weighted by atomic mass is 9.56. The highest BCUT2D eigenvalue weighted by Gasteiger charge is 2.53. The van der Waals surface area contributed by atoms with Crippen molar-refractivity contribution < 1.29 is 15.0 Å². The van der Waals surface area contributed by atoms with E-state index in [1.165, 1.54) is 0 Å². The first-order valence-corrected chi connectivity index (χ1v) is 13.9. The zero-order chi connectivity index (χ0) is 26.7. The number of phenolic OH excluding ortho intramolecular Hbond substituents is 1. The van der Waals surface area contributed by atoms with Crippen molar-refractivity contribution in [2.24, 2.45) is 11.8 Å². The van der Waals surface area contributed by atoms with Gasteiger partial charge in [0.15, 0.2) is 0 Å². The molecule has 2 N–H and O–H groups in total. The van der Waals surface area contributed by atoms with Crippen molar-refractivity contribution in [3.8, 4) is 5.75 Å². The first-order valence-electron chi connectivity index (χ1n) is 13.2. The number of halogens is 2. The second kappa shape index (κ2) is 11.8. The molecular formula is C30H38Cl2N2O3. The number of likely N-dealkylation sites (tertiary alicyclic amines) is 1. The van der Waals surface area contributed by atoms with Gasteiger partial charge in [0.2, 0.25) is 5.91 Å². The minimum Gasteiger partial charge on any atom is -0.508 e. The Morgan fingerprint density at radius 3 is 2.70 bits per heavy atom. The fourth-order valence-electron chi connectivity index (χ4n) is 6.43. The Kier molecular flexibility index (Phi) is 8.90. The molecule has 4 rings (SSSR count). The molecule has 200 valence electrons. The van der Waals surface area contributed by atoms with Gasteiger partial charge in [0.1, 0.15) is 5.75 Å². The van der Waals surface area contributed by atoms with Crippen molar-refractivity contribution >= 4 is 29.1 Å². The maximum Gasteiger partial charge on any atom is 0.227 e. The number of hydrogen-bond donors (Lipinski definition) is 2. The third-order valence-electron chi connectivity index (χ3n) is 8.09. The molecule has 4 unspecified atom stereocenters. The van der Waals surface area contributed by atoms with E-state index in [4.69, 9.17) is 23.2 Å². The van der Waals surface area contributed by atoms with Crippen LogP contribution < -0.4 is 0 Å². The van der Waals surface area contributed by atoms with Gasteiger partial charge in [0, 0.05) is 37.0 Å². The van der Waals surface area contributed by atoms with Gasteiger partial charge in [-0.25, -0.2) is 0 Å². The molecule has 4 atom stereocenters. The summed E-state index contributed by atoms with van der Waals surface area (Å²) >= 11 is 12.3. The second-order valence-electron chi connectivity index (χ2n) is 11.1. The van der Waals surface area contributed by atoms with Crippen molar-refractivity contribution in [2.75, 3.05) is 26.2 Å². The lowest BCUT2D eigenvalue weighted by Crippen LogP contribution is -2.61. The van der Waals surface area contributed by atoms with Crippen LogP contribution in [-0.2, 0) is 16.6 Å². The number of aliphatic hydroxyl groups is 1. The van der Waals surface area contributed by atoms with Crippen LogP contribution in [0.15, 0.2) is 55.1 Å². The summed E-state index contributed by atoms with van der Waals surface area (Å²) < 4.78 is 0. The number of nitrogens with zero attached hydrogens (tertiary/aromatic N) is 2. The molecule has 2 aromatic carbocycles. The highest BCUT2D eigenvalue weighted by Crippen LogP contribution is 2.50. The number of carbonyl (C=O) groups is 1. The Morgan fingerprint density at radius 1 is 1.24 bits per heavy atom. The van der Waals surface area contributed by atoms with Gasteiger partial charge >= 0.3 is 0 Å². The van der Waals surface area contributed by atoms with Crippen LogP contribution in [0.5, 0.6) is 5.75 Å². The van der Waals surface area contributed by atoms with Crippen molar-refractivity contribution in [3.05, 3.63) is 76.3 Å². The van der Waals surface area contributed by atoms with Gasteiger partial charge in [-0.3, -0.25) is 9.69 Å². The monoisotopic (exact) mass is 544 g/mol. The van der Waals surface area contributed by atoms with Crippen LogP contribution in [0.25, 0.3) is 0 Å². The van der Waals surface area contributed by atoms with E-state index in [-0.39, 0.29) is 41.4 Å². The molecule has 0 radical (unpaired) electrons. The number of rotatable bonds is 8. The summed E-state index contributed by atoms with van der Waals surface area (Å²) in [6.45, 7) is 11.1. The largest absolute Gasteiger partial charge is 0.508 e. The number of aromatic hydroxyl groups is 1. The van der Waals surface area contributed by atoms with E-state index in [1.54, 1.807) is 18.2 Å². The van der Waals surface area contributed by atoms with Gasteiger partial charge < -0.3 is 15.1 Å². The van der Waals surface area contributed by atoms with Gasteiger partial charge in [-0.2, -0.15) is 0 Å². The van der Waals surface area contributed by atoms with E-state index < -0.39 is 6.10 Å². The quantitative estimate of drug-likeness (QED) is 0.418. The van der Waals surface area contributed by atoms with Crippen molar-refractivity contribution in [1.82, 2.24) is 9.80 Å². The van der Waals surface area contributed by atoms with Crippen LogP contribution >= 0.6 is 23.2 Å². The number of fused-ring (bicyclic) bond motifs is 1. The molecule has 1 aliphatic carbocycles. The maximum absolute atomic E-state index is 13.8. The smallest absolute Gasteiger partial charge is 0.227 e. The number of carbonyl (C=O) groups excluding carboxylic acids is 1. The topological polar surface area (TPSA) is 64.0 Å². The molecule has 1 aliphatic heterocycles. The van der Waals surface area contributed by atoms with E-state index in [0.29, 0.717) is 23.0 Å². The van der Waals surface area contributed by atoms with Gasteiger partial charge in [-0.1, -0.05) is 61.3 Å². The Balaban J connectivity index is 1.67. The summed E-state index contributed by atoms with van der Waals surface area (Å²) in [6, 6.07) is 12.7. The van der Waals surface area contributed by atoms with Crippen LogP contribution in [-0.4, -0.2) is 64.2 Å². The molecule has 0 spiro atoms. The van der Waals surface area contributed by atoms with Crippen LogP contribution in [0.3, 0.4) is 0 Å². The van der Waals surface area contributed by atoms with E-state index >= 15 is 0 Å². The number of aliphatic hydroxyl groups excluding tert-OH is 1. The molecule has 0 bridgehead atoms. The summed E-state index contributed by atoms with van der Waals surface area (Å²) in [4.78, 5) is 18.1. The van der Waals surface area contributed by atoms with Crippen molar-refractivity contribution in [3.63, 3.8) is 0 Å². The number of phenols is 1. The van der Waals surface area contributed by atoms with Crippen molar-refractivity contribution in [1.29, 1.82) is 0 Å². The molecule has 7 heteroatoms. The lowest BCUT2D eigenvalue weighted by Gasteiger charge is -2.56. The molecule has 1 heterocycles. The average Bonchev–Trinajstić information content (AvgIpc) is 2.85. The predicted molar refractivity (Wildman–Crippen MR) is 150 cm³/mol. The van der Waals surface area contributed by atoms with Crippen LogP contribution in [0.4, 0.5) is 0 Å². The first kappa shape index (κ1) is 28.0. The lowest BCUT2D eigenvalue weighted by molar-refractivity contribution is -0.138. The maximum atomic E-state index is 13.8. The molecular weight excluding hydrogens is 507 g/mol. The standard InChI is InChI=1S/C30H38Cl2N2O3/c1-4-11-33-12-10-30(22-6-5-7-24(35)15-22)17-23(16-28(36)25(30)19-33)34(18-20(2)3)29(37)14-21-8-9-26(31)27(32)13-21/h4-9,13,15,20,23,25,28,35-36H,1,10-12,14,16-19H2,2-3H3. The summed E-state index contributed by atoms with van der Waals surface area (Å²) in [5.41, 5.74) is 1.53. The van der Waals surface area contributed by atoms with E-state index in [0.717, 1.165) is 43.6 Å². The molecule has 2 aromatic rings. The van der Waals surface area contributed by atoms with Gasteiger partial charge in [0.25, 0.3) is 0 Å². The van der Waals surface area contributed by atoms with E-state index in [1.807, 2.05) is 29.2 Å². The summed E-state index contributed by atoms with van der Waals surface area (Å²) in [7, 11) is 0. The second-order valence-corrected chi connectivity index (χ2v) is 12.0. The third kappa shape index (κ3) is 6.17. The molecule has 37 heavy (non-hydrogen) atoms. The van der Waals surface area contributed by atoms with Gasteiger partial charge in [-0.15, -0.1) is 6.58 Å². The molecule has 0 aromatic heterocycles. The summed E-state index contributed by atoms with van der Waals surface area (Å²) in [5.74, 6) is 0.535. The summed E-state index contributed by atoms with van der Waals surface area (Å²) in [6.07, 6.45) is 3.70. The SMILES string of the molecule is C=CCN1CCC2(c3cccc(O)c3)CC(N(CC(C)C)C(=O)Cc3ccc(Cl)c(Cl)c3)CC(O)C2C1. The Morgan fingerprint density at radius 2 is 2.03 bits per heavy atom. The minimum atomic E-state index is -0.568. The van der Waals surface area contributed by atoms with E-state index in [2.05, 4.69) is 31.4 Å². The van der Waals surface area contributed by atoms with Crippen LogP contribution in [0, 0.1) is 11.8 Å². The highest BCUT2D eigenvalue weighted by atomic mass is 35.5. The van der Waals surface area contributed by atoms with Crippen molar-refractivity contribution in [2.45, 2.75) is 57.1 Å². The fourth-order valence-corrected chi connectivity index (χ4v) is 6.75. The highest BCUT2D eigenvalue weighted by molar-refractivity contribution is 6.42. The number of piperidine rings is 1. The molecule has 1 saturated heterocycles. The molecule has 1 amide bonds. The van der Waals surface area contributed by atoms with Crippen LogP contribution in [0.1, 0.15) is 44.2 Å². The molecule has 2 aliphatic rings. The van der Waals surface area contributed by atoms with E-state index in [9.17, 15) is 15.0 Å². The normalized spacial score (nSPS) is 26.1. The summed E-state index contributed by atoms with van der Waals surface area (Å²) in [5, 5.41) is 22.8. The Bertz CT molecular complexity index is 1120. The van der Waals surface area contributed by atoms with Crippen LogP contribution in [0.2, 0.25) is 10.0 Å². The molecule has 2 fully saturated rings. The average molecular weight is 546 g/mol. The fraction of sp³-hybridized carbons (Fsp3) is 0.500. The molecule has 1 saturated carbocycles. The minimum absolute atomic E-state index is 0.00493. The number of benzene rings is 2.